The predicted molar refractivity (Wildman–Crippen MR) is 110 cm³/mol. The first-order valence-electron chi connectivity index (χ1n) is 9.09. The Labute approximate surface area is 170 Å². The van der Waals surface area contributed by atoms with Crippen LogP contribution in [0.3, 0.4) is 0 Å². The fourth-order valence-electron chi connectivity index (χ4n) is 3.05. The maximum Gasteiger partial charge on any atom is 0.256 e. The molecule has 3 aromatic carbocycles. The third-order valence-corrected chi connectivity index (χ3v) is 4.51. The highest BCUT2D eigenvalue weighted by Crippen LogP contribution is 2.25. The van der Waals surface area contributed by atoms with Crippen molar-refractivity contribution < 1.29 is 18.5 Å². The normalized spacial score (nSPS) is 10.7. The van der Waals surface area contributed by atoms with Gasteiger partial charge < -0.3 is 20.9 Å². The second kappa shape index (κ2) is 8.04. The number of amides is 2. The lowest BCUT2D eigenvalue weighted by Gasteiger charge is -2.09. The summed E-state index contributed by atoms with van der Waals surface area (Å²) < 4.78 is 18.1. The van der Waals surface area contributed by atoms with E-state index in [0.717, 1.165) is 5.56 Å². The Bertz CT molecular complexity index is 1230. The van der Waals surface area contributed by atoms with Crippen molar-refractivity contribution in [3.63, 3.8) is 0 Å². The molecule has 4 N–H and O–H groups in total. The molecular weight excluding hydrogens is 387 g/mol. The zero-order chi connectivity index (χ0) is 21.1. The van der Waals surface area contributed by atoms with Gasteiger partial charge in [-0.05, 0) is 54.1 Å². The van der Waals surface area contributed by atoms with Gasteiger partial charge in [0.25, 0.3) is 11.8 Å². The molecule has 8 heteroatoms. The van der Waals surface area contributed by atoms with Crippen LogP contribution in [0.1, 0.15) is 26.3 Å². The van der Waals surface area contributed by atoms with Gasteiger partial charge in [0.1, 0.15) is 5.82 Å². The lowest BCUT2D eigenvalue weighted by molar-refractivity contribution is 0.0950. The van der Waals surface area contributed by atoms with Crippen LogP contribution in [-0.2, 0) is 6.54 Å². The molecule has 1 heterocycles. The number of hydrogen-bond acceptors (Lipinski definition) is 5. The van der Waals surface area contributed by atoms with Gasteiger partial charge in [-0.1, -0.05) is 23.4 Å². The molecule has 1 aromatic heterocycles. The van der Waals surface area contributed by atoms with E-state index in [9.17, 15) is 14.0 Å². The Morgan fingerprint density at radius 2 is 1.77 bits per heavy atom. The average molecular weight is 404 g/mol. The summed E-state index contributed by atoms with van der Waals surface area (Å²) in [6.45, 7) is 0.244. The number of benzene rings is 3. The molecule has 2 amide bonds. The molecule has 0 fully saturated rings. The summed E-state index contributed by atoms with van der Waals surface area (Å²) in [5, 5.41) is 9.73. The number of carbonyl (C=O) groups is 2. The van der Waals surface area contributed by atoms with E-state index in [1.165, 1.54) is 24.3 Å². The predicted octanol–water partition coefficient (Wildman–Crippen LogP) is 3.73. The first kappa shape index (κ1) is 19.1. The number of aromatic nitrogens is 1. The number of fused-ring (bicyclic) bond motifs is 1. The Morgan fingerprint density at radius 1 is 1.00 bits per heavy atom. The van der Waals surface area contributed by atoms with Gasteiger partial charge in [0.2, 0.25) is 0 Å². The van der Waals surface area contributed by atoms with Crippen molar-refractivity contribution in [1.29, 1.82) is 0 Å². The van der Waals surface area contributed by atoms with Crippen LogP contribution in [0, 0.1) is 5.82 Å². The van der Waals surface area contributed by atoms with Crippen LogP contribution in [0.15, 0.2) is 71.3 Å². The lowest BCUT2D eigenvalue weighted by atomic mass is 10.1. The molecule has 0 spiro atoms. The van der Waals surface area contributed by atoms with Crippen molar-refractivity contribution in [2.24, 2.45) is 0 Å². The summed E-state index contributed by atoms with van der Waals surface area (Å²) in [5.41, 5.74) is 8.29. The van der Waals surface area contributed by atoms with Gasteiger partial charge in [0.15, 0.2) is 11.4 Å². The Kier molecular flexibility index (Phi) is 5.13. The van der Waals surface area contributed by atoms with E-state index < -0.39 is 5.82 Å². The molecule has 4 rings (SSSR count). The van der Waals surface area contributed by atoms with Crippen molar-refractivity contribution >= 4 is 34.3 Å². The number of halogens is 1. The molecule has 0 radical (unpaired) electrons. The summed E-state index contributed by atoms with van der Waals surface area (Å²) >= 11 is 0. The minimum atomic E-state index is -0.404. The van der Waals surface area contributed by atoms with Crippen molar-refractivity contribution in [2.75, 3.05) is 11.1 Å². The molecule has 150 valence electrons. The van der Waals surface area contributed by atoms with Crippen molar-refractivity contribution in [2.45, 2.75) is 6.54 Å². The number of nitrogen functional groups attached to an aromatic ring is 1. The molecule has 4 aromatic rings. The molecule has 0 saturated carbocycles. The number of nitrogens with one attached hydrogen (secondary N) is 2. The summed E-state index contributed by atoms with van der Waals surface area (Å²) in [4.78, 5) is 24.9. The molecular formula is C22H17FN4O3. The summed E-state index contributed by atoms with van der Waals surface area (Å²) in [7, 11) is 0. The molecule has 0 saturated heterocycles. The van der Waals surface area contributed by atoms with Gasteiger partial charge in [-0.25, -0.2) is 4.39 Å². The van der Waals surface area contributed by atoms with Gasteiger partial charge in [-0.2, -0.15) is 0 Å². The minimum Gasteiger partial charge on any atom is -0.380 e. The Morgan fingerprint density at radius 3 is 2.57 bits per heavy atom. The number of nitrogens with two attached hydrogens (primary N) is 1. The van der Waals surface area contributed by atoms with E-state index in [1.807, 2.05) is 6.07 Å². The maximum absolute atomic E-state index is 13.0. The van der Waals surface area contributed by atoms with Gasteiger partial charge in [-0.15, -0.1) is 0 Å². The topological polar surface area (TPSA) is 110 Å². The average Bonchev–Trinajstić information content (AvgIpc) is 3.14. The van der Waals surface area contributed by atoms with Gasteiger partial charge in [0, 0.05) is 17.8 Å². The molecule has 0 aliphatic rings. The third-order valence-electron chi connectivity index (χ3n) is 4.51. The maximum atomic E-state index is 13.0. The number of anilines is 2. The summed E-state index contributed by atoms with van der Waals surface area (Å²) in [6.07, 6.45) is 0. The van der Waals surface area contributed by atoms with Crippen LogP contribution in [0.4, 0.5) is 15.9 Å². The summed E-state index contributed by atoms with van der Waals surface area (Å²) in [5.74, 6) is -0.936. The third kappa shape index (κ3) is 3.97. The molecule has 30 heavy (non-hydrogen) atoms. The van der Waals surface area contributed by atoms with E-state index in [-0.39, 0.29) is 24.2 Å². The fraction of sp³-hybridized carbons (Fsp3) is 0.0455. The first-order valence-corrected chi connectivity index (χ1v) is 9.09. The number of carbonyl (C=O) groups excluding carboxylic acids is 2. The van der Waals surface area contributed by atoms with E-state index >= 15 is 0 Å². The Balaban J connectivity index is 1.45. The standard InChI is InChI=1S/C22H17FN4O3/c23-15-9-7-14(8-10-15)21(28)25-12-13-3-1-4-16(11-13)26-22(29)17-5-2-6-18-19(17)20(24)27-30-18/h1-11H,12H2,(H2,24,27)(H,25,28)(H,26,29). The van der Waals surface area contributed by atoms with Gasteiger partial charge >= 0.3 is 0 Å². The van der Waals surface area contributed by atoms with Crippen molar-refractivity contribution in [1.82, 2.24) is 10.5 Å². The van der Waals surface area contributed by atoms with Crippen LogP contribution in [0.2, 0.25) is 0 Å². The monoisotopic (exact) mass is 404 g/mol. The highest BCUT2D eigenvalue weighted by Gasteiger charge is 2.16. The van der Waals surface area contributed by atoms with Crippen LogP contribution in [0.5, 0.6) is 0 Å². The number of rotatable bonds is 5. The van der Waals surface area contributed by atoms with Crippen LogP contribution >= 0.6 is 0 Å². The molecule has 0 atom stereocenters. The zero-order valence-corrected chi connectivity index (χ0v) is 15.7. The Hall–Kier alpha value is -4.20. The molecule has 0 bridgehead atoms. The molecule has 0 aliphatic carbocycles. The van der Waals surface area contributed by atoms with Crippen LogP contribution in [0.25, 0.3) is 11.0 Å². The highest BCUT2D eigenvalue weighted by atomic mass is 19.1. The SMILES string of the molecule is Nc1noc2cccc(C(=O)Nc3cccc(CNC(=O)c4ccc(F)cc4)c3)c12. The molecule has 7 nitrogen and oxygen atoms in total. The largest absolute Gasteiger partial charge is 0.380 e. The van der Waals surface area contributed by atoms with E-state index in [0.29, 0.717) is 27.8 Å². The molecule has 0 aliphatic heterocycles. The van der Waals surface area contributed by atoms with Crippen LogP contribution in [-0.4, -0.2) is 17.0 Å². The van der Waals surface area contributed by atoms with Gasteiger partial charge in [-0.3, -0.25) is 9.59 Å². The van der Waals surface area contributed by atoms with Crippen molar-refractivity contribution in [3.05, 3.63) is 89.2 Å². The second-order valence-electron chi connectivity index (χ2n) is 6.59. The van der Waals surface area contributed by atoms with Crippen LogP contribution < -0.4 is 16.4 Å². The van der Waals surface area contributed by atoms with Crippen molar-refractivity contribution in [3.8, 4) is 0 Å². The molecule has 0 unspecified atom stereocenters. The fourth-order valence-corrected chi connectivity index (χ4v) is 3.05. The van der Waals surface area contributed by atoms with Gasteiger partial charge in [0.05, 0.1) is 10.9 Å². The van der Waals surface area contributed by atoms with E-state index in [1.54, 1.807) is 36.4 Å². The van der Waals surface area contributed by atoms with E-state index in [2.05, 4.69) is 15.8 Å². The zero-order valence-electron chi connectivity index (χ0n) is 15.7. The number of nitrogens with zero attached hydrogens (tertiary/aromatic N) is 1. The highest BCUT2D eigenvalue weighted by molar-refractivity contribution is 6.14. The number of hydrogen-bond donors (Lipinski definition) is 3. The second-order valence-corrected chi connectivity index (χ2v) is 6.59. The smallest absolute Gasteiger partial charge is 0.256 e. The lowest BCUT2D eigenvalue weighted by Crippen LogP contribution is -2.22. The summed E-state index contributed by atoms with van der Waals surface area (Å²) in [6, 6.07) is 17.4. The van der Waals surface area contributed by atoms with E-state index in [4.69, 9.17) is 10.3 Å². The first-order chi connectivity index (χ1) is 14.5. The quantitative estimate of drug-likeness (QED) is 0.469. The minimum absolute atomic E-state index is 0.146.